The van der Waals surface area contributed by atoms with E-state index in [1.54, 1.807) is 34.0 Å². The van der Waals surface area contributed by atoms with E-state index in [1.165, 1.54) is 9.75 Å². The topological polar surface area (TPSA) is 25.8 Å². The predicted octanol–water partition coefficient (Wildman–Crippen LogP) is 4.00. The van der Waals surface area contributed by atoms with E-state index < -0.39 is 0 Å². The van der Waals surface area contributed by atoms with Crippen molar-refractivity contribution in [1.82, 2.24) is 10.2 Å². The van der Waals surface area contributed by atoms with Crippen LogP contribution < -0.4 is 0 Å². The van der Waals surface area contributed by atoms with E-state index in [2.05, 4.69) is 33.1 Å². The number of hydrogen-bond acceptors (Lipinski definition) is 5. The highest BCUT2D eigenvalue weighted by Gasteiger charge is 2.09. The van der Waals surface area contributed by atoms with Crippen LogP contribution in [0.5, 0.6) is 0 Å². The van der Waals surface area contributed by atoms with Gasteiger partial charge in [0.1, 0.15) is 0 Å². The van der Waals surface area contributed by atoms with Gasteiger partial charge in [-0.3, -0.25) is 0 Å². The monoisotopic (exact) mass is 250 g/mol. The van der Waals surface area contributed by atoms with Crippen LogP contribution in [0.15, 0.2) is 35.0 Å². The number of rotatable bonds is 2. The van der Waals surface area contributed by atoms with Crippen molar-refractivity contribution in [2.45, 2.75) is 0 Å². The minimum absolute atomic E-state index is 1.01. The normalized spacial score (nSPS) is 10.7. The summed E-state index contributed by atoms with van der Waals surface area (Å²) in [7, 11) is 0. The minimum Gasteiger partial charge on any atom is -0.141 e. The van der Waals surface area contributed by atoms with Crippen LogP contribution in [-0.4, -0.2) is 10.2 Å². The van der Waals surface area contributed by atoms with Crippen molar-refractivity contribution in [3.05, 3.63) is 35.0 Å². The van der Waals surface area contributed by atoms with Gasteiger partial charge in [-0.1, -0.05) is 23.5 Å². The lowest BCUT2D eigenvalue weighted by atomic mass is 10.5. The molecule has 74 valence electrons. The van der Waals surface area contributed by atoms with Crippen LogP contribution in [0, 0.1) is 0 Å². The van der Waals surface area contributed by atoms with Crippen molar-refractivity contribution in [2.24, 2.45) is 0 Å². The molecule has 0 aromatic carbocycles. The molecule has 0 aliphatic heterocycles. The molecular weight excluding hydrogens is 244 g/mol. The number of nitrogens with zero attached hydrogens (tertiary/aromatic N) is 2. The molecule has 3 aromatic rings. The van der Waals surface area contributed by atoms with Gasteiger partial charge in [0.25, 0.3) is 0 Å². The predicted molar refractivity (Wildman–Crippen MR) is 66.5 cm³/mol. The molecule has 0 unspecified atom stereocenters. The van der Waals surface area contributed by atoms with E-state index in [4.69, 9.17) is 0 Å². The second-order valence-electron chi connectivity index (χ2n) is 2.87. The van der Waals surface area contributed by atoms with Gasteiger partial charge in [0.05, 0.1) is 9.75 Å². The molecule has 3 heterocycles. The summed E-state index contributed by atoms with van der Waals surface area (Å²) in [6.45, 7) is 0. The molecule has 0 bridgehead atoms. The molecule has 0 amide bonds. The van der Waals surface area contributed by atoms with Crippen LogP contribution in [0.4, 0.5) is 0 Å². The van der Waals surface area contributed by atoms with Crippen molar-refractivity contribution < 1.29 is 0 Å². The van der Waals surface area contributed by atoms with Gasteiger partial charge in [-0.2, -0.15) is 0 Å². The maximum Gasteiger partial charge on any atom is 0.158 e. The molecule has 0 aliphatic carbocycles. The quantitative estimate of drug-likeness (QED) is 0.687. The zero-order chi connectivity index (χ0) is 10.1. The van der Waals surface area contributed by atoms with E-state index in [0.717, 1.165) is 10.0 Å². The summed E-state index contributed by atoms with van der Waals surface area (Å²) in [5.41, 5.74) is 0. The standard InChI is InChI=1S/C10H6N2S3/c1-3-7(13-5-1)9-11-12-10(15-9)8-4-2-6-14-8/h1-6H. The maximum atomic E-state index is 4.20. The lowest BCUT2D eigenvalue weighted by Crippen LogP contribution is -1.71. The molecule has 0 N–H and O–H groups in total. The third kappa shape index (κ3) is 1.73. The molecular formula is C10H6N2S3. The first kappa shape index (κ1) is 9.21. The van der Waals surface area contributed by atoms with Crippen LogP contribution in [-0.2, 0) is 0 Å². The van der Waals surface area contributed by atoms with E-state index in [1.807, 2.05) is 12.1 Å². The summed E-state index contributed by atoms with van der Waals surface area (Å²) in [6, 6.07) is 8.21. The summed E-state index contributed by atoms with van der Waals surface area (Å²) in [5.74, 6) is 0. The zero-order valence-corrected chi connectivity index (χ0v) is 10.0. The molecule has 0 fully saturated rings. The first-order valence-electron chi connectivity index (χ1n) is 4.35. The molecule has 3 rings (SSSR count). The molecule has 0 aliphatic rings. The fourth-order valence-corrected chi connectivity index (χ4v) is 3.65. The third-order valence-electron chi connectivity index (χ3n) is 1.89. The Balaban J connectivity index is 2.02. The average molecular weight is 250 g/mol. The van der Waals surface area contributed by atoms with Crippen LogP contribution in [0.25, 0.3) is 19.8 Å². The van der Waals surface area contributed by atoms with Gasteiger partial charge in [-0.25, -0.2) is 0 Å². The Hall–Kier alpha value is -1.04. The van der Waals surface area contributed by atoms with Gasteiger partial charge in [0, 0.05) is 0 Å². The fourth-order valence-electron chi connectivity index (χ4n) is 1.22. The molecule has 3 aromatic heterocycles. The Morgan fingerprint density at radius 2 is 1.33 bits per heavy atom. The molecule has 0 saturated carbocycles. The average Bonchev–Trinajstić information content (AvgIpc) is 3.02. The Bertz CT molecular complexity index is 488. The number of thiophene rings is 2. The van der Waals surface area contributed by atoms with Crippen molar-refractivity contribution in [3.63, 3.8) is 0 Å². The highest BCUT2D eigenvalue weighted by molar-refractivity contribution is 7.25. The molecule has 0 saturated heterocycles. The van der Waals surface area contributed by atoms with Crippen LogP contribution in [0.1, 0.15) is 0 Å². The summed E-state index contributed by atoms with van der Waals surface area (Å²) >= 11 is 5.04. The van der Waals surface area contributed by atoms with Crippen molar-refractivity contribution in [3.8, 4) is 19.8 Å². The summed E-state index contributed by atoms with van der Waals surface area (Å²) in [5, 5.41) is 14.5. The Labute approximate surface area is 98.9 Å². The van der Waals surface area contributed by atoms with Gasteiger partial charge in [-0.15, -0.1) is 32.9 Å². The van der Waals surface area contributed by atoms with Gasteiger partial charge < -0.3 is 0 Å². The lowest BCUT2D eigenvalue weighted by molar-refractivity contribution is 1.11. The second kappa shape index (κ2) is 3.84. The smallest absolute Gasteiger partial charge is 0.141 e. The Kier molecular flexibility index (Phi) is 2.36. The highest BCUT2D eigenvalue weighted by Crippen LogP contribution is 2.33. The molecule has 15 heavy (non-hydrogen) atoms. The Morgan fingerprint density at radius 3 is 1.73 bits per heavy atom. The van der Waals surface area contributed by atoms with Crippen LogP contribution in [0.2, 0.25) is 0 Å². The van der Waals surface area contributed by atoms with Gasteiger partial charge in [0.15, 0.2) is 10.0 Å². The number of aromatic nitrogens is 2. The lowest BCUT2D eigenvalue weighted by Gasteiger charge is -1.84. The summed E-state index contributed by atoms with van der Waals surface area (Å²) < 4.78 is 0. The summed E-state index contributed by atoms with van der Waals surface area (Å²) in [4.78, 5) is 2.38. The second-order valence-corrected chi connectivity index (χ2v) is 5.74. The highest BCUT2D eigenvalue weighted by atomic mass is 32.1. The molecule has 0 atom stereocenters. The SMILES string of the molecule is c1csc(-c2nnc(-c3cccs3)s2)c1. The number of hydrogen-bond donors (Lipinski definition) is 0. The molecule has 2 nitrogen and oxygen atoms in total. The van der Waals surface area contributed by atoms with Crippen molar-refractivity contribution in [2.75, 3.05) is 0 Å². The van der Waals surface area contributed by atoms with Gasteiger partial charge >= 0.3 is 0 Å². The fraction of sp³-hybridized carbons (Fsp3) is 0. The van der Waals surface area contributed by atoms with Gasteiger partial charge in [0.2, 0.25) is 0 Å². The maximum absolute atomic E-state index is 4.20. The largest absolute Gasteiger partial charge is 0.158 e. The van der Waals surface area contributed by atoms with Crippen molar-refractivity contribution >= 4 is 34.0 Å². The van der Waals surface area contributed by atoms with Gasteiger partial charge in [-0.05, 0) is 22.9 Å². The van der Waals surface area contributed by atoms with E-state index in [0.29, 0.717) is 0 Å². The first-order valence-corrected chi connectivity index (χ1v) is 6.92. The summed E-state index contributed by atoms with van der Waals surface area (Å²) in [6.07, 6.45) is 0. The first-order chi connectivity index (χ1) is 7.43. The zero-order valence-electron chi connectivity index (χ0n) is 7.58. The third-order valence-corrected chi connectivity index (χ3v) is 4.89. The van der Waals surface area contributed by atoms with E-state index in [-0.39, 0.29) is 0 Å². The van der Waals surface area contributed by atoms with Crippen LogP contribution in [0.3, 0.4) is 0 Å². The molecule has 0 spiro atoms. The molecule has 5 heteroatoms. The minimum atomic E-state index is 1.01. The van der Waals surface area contributed by atoms with Crippen LogP contribution >= 0.6 is 34.0 Å². The molecule has 0 radical (unpaired) electrons. The van der Waals surface area contributed by atoms with E-state index >= 15 is 0 Å². The van der Waals surface area contributed by atoms with E-state index in [9.17, 15) is 0 Å². The van der Waals surface area contributed by atoms with Crippen molar-refractivity contribution in [1.29, 1.82) is 0 Å². The Morgan fingerprint density at radius 1 is 0.800 bits per heavy atom.